The molecule has 1 aromatic heterocycles. The van der Waals surface area contributed by atoms with E-state index in [2.05, 4.69) is 16.9 Å². The lowest BCUT2D eigenvalue weighted by molar-refractivity contribution is 0.323. The van der Waals surface area contributed by atoms with E-state index in [1.54, 1.807) is 0 Å². The van der Waals surface area contributed by atoms with E-state index < -0.39 is 0 Å². The third-order valence-corrected chi connectivity index (χ3v) is 5.47. The molecule has 2 aliphatic rings. The topological polar surface area (TPSA) is 17.8 Å². The van der Waals surface area contributed by atoms with Crippen LogP contribution in [0.1, 0.15) is 69.5 Å². The second-order valence-corrected chi connectivity index (χ2v) is 6.90. The van der Waals surface area contributed by atoms with E-state index in [4.69, 9.17) is 16.7 Å². The zero-order chi connectivity index (χ0) is 13.1. The molecule has 0 amide bonds. The SMILES string of the molecule is ClC1CCCCC1Cc1ccn(C2CCCCC2)n1. The minimum atomic E-state index is 0.369. The molecule has 0 aromatic carbocycles. The molecule has 0 radical (unpaired) electrons. The number of hydrogen-bond donors (Lipinski definition) is 0. The summed E-state index contributed by atoms with van der Waals surface area (Å²) < 4.78 is 2.22. The third-order valence-electron chi connectivity index (χ3n) is 4.90. The molecule has 1 aromatic rings. The van der Waals surface area contributed by atoms with Gasteiger partial charge in [-0.25, -0.2) is 0 Å². The van der Waals surface area contributed by atoms with Crippen molar-refractivity contribution in [3.8, 4) is 0 Å². The fraction of sp³-hybridized carbons (Fsp3) is 0.812. The van der Waals surface area contributed by atoms with Gasteiger partial charge in [0.05, 0.1) is 11.7 Å². The van der Waals surface area contributed by atoms with Gasteiger partial charge >= 0.3 is 0 Å². The van der Waals surface area contributed by atoms with Crippen molar-refractivity contribution >= 4 is 11.6 Å². The van der Waals surface area contributed by atoms with E-state index in [0.717, 1.165) is 6.42 Å². The molecule has 0 aliphatic heterocycles. The van der Waals surface area contributed by atoms with Gasteiger partial charge < -0.3 is 0 Å². The molecule has 2 fully saturated rings. The van der Waals surface area contributed by atoms with Gasteiger partial charge in [-0.1, -0.05) is 32.1 Å². The van der Waals surface area contributed by atoms with Crippen LogP contribution in [0.4, 0.5) is 0 Å². The summed E-state index contributed by atoms with van der Waals surface area (Å²) in [6, 6.07) is 2.87. The molecule has 2 atom stereocenters. The number of aromatic nitrogens is 2. The van der Waals surface area contributed by atoms with Gasteiger partial charge in [0, 0.05) is 11.6 Å². The van der Waals surface area contributed by atoms with Crippen LogP contribution < -0.4 is 0 Å². The molecule has 3 rings (SSSR count). The summed E-state index contributed by atoms with van der Waals surface area (Å²) in [4.78, 5) is 0. The molecule has 1 heterocycles. The first-order valence-electron chi connectivity index (χ1n) is 8.01. The zero-order valence-corrected chi connectivity index (χ0v) is 12.5. The Morgan fingerprint density at radius 3 is 2.58 bits per heavy atom. The largest absolute Gasteiger partial charge is 0.269 e. The number of halogens is 1. The maximum Gasteiger partial charge on any atom is 0.0628 e. The molecular weight excluding hydrogens is 256 g/mol. The van der Waals surface area contributed by atoms with Crippen molar-refractivity contribution in [2.75, 3.05) is 0 Å². The normalized spacial score (nSPS) is 29.5. The fourth-order valence-corrected chi connectivity index (χ4v) is 4.07. The third kappa shape index (κ3) is 3.34. The first-order valence-corrected chi connectivity index (χ1v) is 8.44. The van der Waals surface area contributed by atoms with Gasteiger partial charge in [0.1, 0.15) is 0 Å². The van der Waals surface area contributed by atoms with Crippen molar-refractivity contribution < 1.29 is 0 Å². The minimum absolute atomic E-state index is 0.369. The number of nitrogens with zero attached hydrogens (tertiary/aromatic N) is 2. The molecule has 2 unspecified atom stereocenters. The van der Waals surface area contributed by atoms with E-state index in [1.165, 1.54) is 63.5 Å². The highest BCUT2D eigenvalue weighted by atomic mass is 35.5. The van der Waals surface area contributed by atoms with Gasteiger partial charge in [-0.2, -0.15) is 5.10 Å². The second kappa shape index (κ2) is 6.30. The van der Waals surface area contributed by atoms with Crippen LogP contribution in [0, 0.1) is 5.92 Å². The van der Waals surface area contributed by atoms with E-state index >= 15 is 0 Å². The van der Waals surface area contributed by atoms with Crippen LogP contribution in [-0.4, -0.2) is 15.2 Å². The lowest BCUT2D eigenvalue weighted by atomic mass is 9.86. The van der Waals surface area contributed by atoms with Crippen LogP contribution >= 0.6 is 11.6 Å². The second-order valence-electron chi connectivity index (χ2n) is 6.34. The van der Waals surface area contributed by atoms with Crippen molar-refractivity contribution in [2.45, 2.75) is 75.6 Å². The Balaban J connectivity index is 1.60. The summed E-state index contributed by atoms with van der Waals surface area (Å²) in [6.45, 7) is 0. The highest BCUT2D eigenvalue weighted by Crippen LogP contribution is 2.32. The summed E-state index contributed by atoms with van der Waals surface area (Å²) in [6.07, 6.45) is 15.1. The van der Waals surface area contributed by atoms with E-state index in [0.29, 0.717) is 17.3 Å². The van der Waals surface area contributed by atoms with E-state index in [-0.39, 0.29) is 0 Å². The van der Waals surface area contributed by atoms with Crippen molar-refractivity contribution in [2.24, 2.45) is 5.92 Å². The molecule has 0 bridgehead atoms. The summed E-state index contributed by atoms with van der Waals surface area (Å²) in [7, 11) is 0. The van der Waals surface area contributed by atoms with Crippen LogP contribution in [-0.2, 0) is 6.42 Å². The van der Waals surface area contributed by atoms with Gasteiger partial charge in [-0.15, -0.1) is 11.6 Å². The zero-order valence-electron chi connectivity index (χ0n) is 11.7. The predicted molar refractivity (Wildman–Crippen MR) is 79.7 cm³/mol. The Morgan fingerprint density at radius 1 is 1.05 bits per heavy atom. The van der Waals surface area contributed by atoms with Crippen LogP contribution in [0.15, 0.2) is 12.3 Å². The summed E-state index contributed by atoms with van der Waals surface area (Å²) >= 11 is 6.45. The number of alkyl halides is 1. The van der Waals surface area contributed by atoms with Gasteiger partial charge in [0.15, 0.2) is 0 Å². The van der Waals surface area contributed by atoms with E-state index in [1.807, 2.05) is 0 Å². The Labute approximate surface area is 121 Å². The molecule has 106 valence electrons. The maximum absolute atomic E-state index is 6.45. The smallest absolute Gasteiger partial charge is 0.0628 e. The highest BCUT2D eigenvalue weighted by molar-refractivity contribution is 6.20. The first-order chi connectivity index (χ1) is 9.33. The monoisotopic (exact) mass is 280 g/mol. The average Bonchev–Trinajstić information content (AvgIpc) is 2.91. The van der Waals surface area contributed by atoms with Gasteiger partial charge in [0.25, 0.3) is 0 Å². The van der Waals surface area contributed by atoms with E-state index in [9.17, 15) is 0 Å². The van der Waals surface area contributed by atoms with Crippen LogP contribution in [0.2, 0.25) is 0 Å². The van der Waals surface area contributed by atoms with Crippen LogP contribution in [0.5, 0.6) is 0 Å². The number of hydrogen-bond acceptors (Lipinski definition) is 1. The molecule has 0 spiro atoms. The minimum Gasteiger partial charge on any atom is -0.269 e. The molecule has 2 aliphatic carbocycles. The Hall–Kier alpha value is -0.500. The van der Waals surface area contributed by atoms with Crippen molar-refractivity contribution in [1.82, 2.24) is 9.78 Å². The highest BCUT2D eigenvalue weighted by Gasteiger charge is 2.24. The Morgan fingerprint density at radius 2 is 1.79 bits per heavy atom. The molecular formula is C16H25ClN2. The van der Waals surface area contributed by atoms with Gasteiger partial charge in [-0.3, -0.25) is 4.68 Å². The van der Waals surface area contributed by atoms with Crippen molar-refractivity contribution in [3.63, 3.8) is 0 Å². The standard InChI is InChI=1S/C16H25ClN2/c17-16-9-5-4-6-13(16)12-14-10-11-19(18-14)15-7-2-1-3-8-15/h10-11,13,15-16H,1-9,12H2. The lowest BCUT2D eigenvalue weighted by Crippen LogP contribution is -2.22. The Kier molecular flexibility index (Phi) is 4.47. The molecule has 2 saturated carbocycles. The summed E-state index contributed by atoms with van der Waals surface area (Å²) in [5.74, 6) is 0.644. The lowest BCUT2D eigenvalue weighted by Gasteiger charge is -2.26. The molecule has 19 heavy (non-hydrogen) atoms. The molecule has 0 N–H and O–H groups in total. The molecule has 0 saturated heterocycles. The van der Waals surface area contributed by atoms with Gasteiger partial charge in [0.2, 0.25) is 0 Å². The van der Waals surface area contributed by atoms with Crippen LogP contribution in [0.3, 0.4) is 0 Å². The molecule has 3 heteroatoms. The van der Waals surface area contributed by atoms with Crippen molar-refractivity contribution in [3.05, 3.63) is 18.0 Å². The molecule has 2 nitrogen and oxygen atoms in total. The van der Waals surface area contributed by atoms with Crippen molar-refractivity contribution in [1.29, 1.82) is 0 Å². The summed E-state index contributed by atoms with van der Waals surface area (Å²) in [5.41, 5.74) is 1.25. The summed E-state index contributed by atoms with van der Waals surface area (Å²) in [5, 5.41) is 5.19. The average molecular weight is 281 g/mol. The quantitative estimate of drug-likeness (QED) is 0.732. The van der Waals surface area contributed by atoms with Crippen LogP contribution in [0.25, 0.3) is 0 Å². The predicted octanol–water partition coefficient (Wildman–Crippen LogP) is 4.73. The van der Waals surface area contributed by atoms with Gasteiger partial charge in [-0.05, 0) is 44.1 Å². The Bertz CT molecular complexity index is 395. The fourth-order valence-electron chi connectivity index (χ4n) is 3.70. The maximum atomic E-state index is 6.45. The first kappa shape index (κ1) is 13.5. The number of rotatable bonds is 3.